The number of hydrogen-bond acceptors (Lipinski definition) is 7. The van der Waals surface area contributed by atoms with E-state index in [4.69, 9.17) is 9.73 Å². The van der Waals surface area contributed by atoms with Gasteiger partial charge >= 0.3 is 0 Å². The zero-order valence-electron chi connectivity index (χ0n) is 19.2. The Hall–Kier alpha value is -3.15. The number of ether oxygens (including phenoxy) is 1. The van der Waals surface area contributed by atoms with Gasteiger partial charge in [0.05, 0.1) is 30.2 Å². The molecule has 0 amide bonds. The van der Waals surface area contributed by atoms with Crippen LogP contribution in [0.2, 0.25) is 0 Å². The standard InChI is InChI=1S/C25H31N5O3/c1-19-20(17-26)24(31)30(12-11-28-13-15-33-16-14-28)25(32)21(19)18-27-22-7-3-4-8-23(22)29-9-5-2-6-10-29/h3-4,7-8,18,32H,2,5-6,9-16H2,1H3. The van der Waals surface area contributed by atoms with Crippen molar-refractivity contribution in [3.05, 3.63) is 51.3 Å². The molecule has 2 aliphatic heterocycles. The summed E-state index contributed by atoms with van der Waals surface area (Å²) in [5.41, 5.74) is 2.30. The van der Waals surface area contributed by atoms with E-state index in [0.717, 1.165) is 50.4 Å². The minimum atomic E-state index is -0.466. The molecule has 2 fully saturated rings. The molecular weight excluding hydrogens is 418 g/mol. The van der Waals surface area contributed by atoms with Crippen molar-refractivity contribution in [2.24, 2.45) is 4.99 Å². The predicted molar refractivity (Wildman–Crippen MR) is 129 cm³/mol. The first kappa shape index (κ1) is 23.0. The number of morpholine rings is 1. The van der Waals surface area contributed by atoms with Crippen LogP contribution in [0.3, 0.4) is 0 Å². The van der Waals surface area contributed by atoms with Crippen molar-refractivity contribution >= 4 is 17.6 Å². The summed E-state index contributed by atoms with van der Waals surface area (Å²) in [7, 11) is 0. The fourth-order valence-corrected chi connectivity index (χ4v) is 4.51. The van der Waals surface area contributed by atoms with E-state index in [0.29, 0.717) is 37.4 Å². The van der Waals surface area contributed by atoms with E-state index in [1.165, 1.54) is 11.0 Å². The molecule has 0 unspecified atom stereocenters. The summed E-state index contributed by atoms with van der Waals surface area (Å²) in [4.78, 5) is 22.1. The predicted octanol–water partition coefficient (Wildman–Crippen LogP) is 2.81. The van der Waals surface area contributed by atoms with Crippen LogP contribution in [-0.4, -0.2) is 66.7 Å². The van der Waals surface area contributed by atoms with Crippen LogP contribution in [0.4, 0.5) is 11.4 Å². The summed E-state index contributed by atoms with van der Waals surface area (Å²) in [5, 5.41) is 20.6. The number of nitrogens with zero attached hydrogens (tertiary/aromatic N) is 5. The normalized spacial score (nSPS) is 17.4. The Kier molecular flexibility index (Phi) is 7.43. The third kappa shape index (κ3) is 5.10. The van der Waals surface area contributed by atoms with E-state index >= 15 is 0 Å². The molecule has 1 aromatic heterocycles. The maximum absolute atomic E-state index is 12.9. The van der Waals surface area contributed by atoms with E-state index in [-0.39, 0.29) is 11.4 Å². The molecule has 0 radical (unpaired) electrons. The van der Waals surface area contributed by atoms with Crippen molar-refractivity contribution in [1.29, 1.82) is 5.26 Å². The number of nitriles is 1. The Bertz CT molecular complexity index is 1110. The van der Waals surface area contributed by atoms with E-state index in [1.54, 1.807) is 13.1 Å². The summed E-state index contributed by atoms with van der Waals surface area (Å²) < 4.78 is 6.67. The van der Waals surface area contributed by atoms with Crippen LogP contribution in [0.5, 0.6) is 5.88 Å². The molecule has 0 atom stereocenters. The number of para-hydroxylation sites is 2. The Morgan fingerprint density at radius 2 is 1.85 bits per heavy atom. The first-order valence-electron chi connectivity index (χ1n) is 11.6. The van der Waals surface area contributed by atoms with E-state index in [1.807, 2.05) is 24.3 Å². The molecule has 2 aromatic rings. The maximum atomic E-state index is 12.9. The number of aliphatic imine (C=N–C) groups is 1. The van der Waals surface area contributed by atoms with Crippen LogP contribution in [0.1, 0.15) is 36.0 Å². The lowest BCUT2D eigenvalue weighted by atomic mass is 10.1. The fourth-order valence-electron chi connectivity index (χ4n) is 4.51. The van der Waals surface area contributed by atoms with Gasteiger partial charge in [-0.2, -0.15) is 5.26 Å². The summed E-state index contributed by atoms with van der Waals surface area (Å²) in [6.45, 7) is 7.47. The van der Waals surface area contributed by atoms with Crippen LogP contribution in [0.15, 0.2) is 34.1 Å². The van der Waals surface area contributed by atoms with Gasteiger partial charge in [0.15, 0.2) is 0 Å². The molecule has 0 bridgehead atoms. The van der Waals surface area contributed by atoms with Gasteiger partial charge < -0.3 is 14.7 Å². The minimum absolute atomic E-state index is 0.0422. The van der Waals surface area contributed by atoms with Gasteiger partial charge in [-0.3, -0.25) is 19.3 Å². The minimum Gasteiger partial charge on any atom is -0.494 e. The zero-order valence-corrected chi connectivity index (χ0v) is 19.2. The Morgan fingerprint density at radius 1 is 1.12 bits per heavy atom. The highest BCUT2D eigenvalue weighted by Crippen LogP contribution is 2.31. The Labute approximate surface area is 194 Å². The van der Waals surface area contributed by atoms with Crippen molar-refractivity contribution in [2.75, 3.05) is 50.8 Å². The number of anilines is 1. The average Bonchev–Trinajstić information content (AvgIpc) is 2.85. The fraction of sp³-hybridized carbons (Fsp3) is 0.480. The van der Waals surface area contributed by atoms with Gasteiger partial charge in [0.1, 0.15) is 11.6 Å². The molecule has 33 heavy (non-hydrogen) atoms. The Balaban J connectivity index is 1.66. The number of piperidine rings is 1. The van der Waals surface area contributed by atoms with Crippen LogP contribution >= 0.6 is 0 Å². The first-order chi connectivity index (χ1) is 16.1. The van der Waals surface area contributed by atoms with Gasteiger partial charge in [-0.15, -0.1) is 0 Å². The monoisotopic (exact) mass is 449 g/mol. The zero-order chi connectivity index (χ0) is 23.2. The maximum Gasteiger partial charge on any atom is 0.271 e. The molecule has 8 nitrogen and oxygen atoms in total. The molecule has 1 aromatic carbocycles. The van der Waals surface area contributed by atoms with Crippen molar-refractivity contribution < 1.29 is 9.84 Å². The van der Waals surface area contributed by atoms with Gasteiger partial charge in [0.2, 0.25) is 5.88 Å². The van der Waals surface area contributed by atoms with Crippen molar-refractivity contribution in [2.45, 2.75) is 32.7 Å². The van der Waals surface area contributed by atoms with Gasteiger partial charge in [0, 0.05) is 45.5 Å². The Morgan fingerprint density at radius 3 is 2.58 bits per heavy atom. The number of pyridine rings is 1. The largest absolute Gasteiger partial charge is 0.494 e. The second-order valence-electron chi connectivity index (χ2n) is 8.55. The molecular formula is C25H31N5O3. The molecule has 8 heteroatoms. The van der Waals surface area contributed by atoms with Gasteiger partial charge in [-0.1, -0.05) is 12.1 Å². The summed E-state index contributed by atoms with van der Waals surface area (Å²) in [6.07, 6.45) is 5.16. The van der Waals surface area contributed by atoms with Crippen LogP contribution in [-0.2, 0) is 11.3 Å². The van der Waals surface area contributed by atoms with E-state index in [2.05, 4.69) is 15.9 Å². The van der Waals surface area contributed by atoms with E-state index in [9.17, 15) is 15.2 Å². The summed E-state index contributed by atoms with van der Waals surface area (Å²) >= 11 is 0. The number of rotatable bonds is 6. The molecule has 0 spiro atoms. The molecule has 2 saturated heterocycles. The highest BCUT2D eigenvalue weighted by molar-refractivity contribution is 5.88. The van der Waals surface area contributed by atoms with Crippen molar-refractivity contribution in [3.8, 4) is 11.9 Å². The van der Waals surface area contributed by atoms with Gasteiger partial charge in [-0.05, 0) is 43.9 Å². The highest BCUT2D eigenvalue weighted by atomic mass is 16.5. The number of aromatic hydroxyl groups is 1. The highest BCUT2D eigenvalue weighted by Gasteiger charge is 2.20. The second-order valence-corrected chi connectivity index (χ2v) is 8.55. The topological polar surface area (TPSA) is 94.1 Å². The smallest absolute Gasteiger partial charge is 0.271 e. The quantitative estimate of drug-likeness (QED) is 0.682. The molecule has 174 valence electrons. The summed E-state index contributed by atoms with van der Waals surface area (Å²) in [6, 6.07) is 9.98. The lowest BCUT2D eigenvalue weighted by Gasteiger charge is -2.29. The van der Waals surface area contributed by atoms with Crippen LogP contribution < -0.4 is 10.5 Å². The third-order valence-corrected chi connectivity index (χ3v) is 6.50. The van der Waals surface area contributed by atoms with Gasteiger partial charge in [0.25, 0.3) is 5.56 Å². The number of benzene rings is 1. The SMILES string of the molecule is Cc1c(C=Nc2ccccc2N2CCCCC2)c(O)n(CCN2CCOCC2)c(=O)c1C#N. The number of aromatic nitrogens is 1. The van der Waals surface area contributed by atoms with E-state index < -0.39 is 5.56 Å². The second kappa shape index (κ2) is 10.6. The first-order valence-corrected chi connectivity index (χ1v) is 11.6. The molecule has 0 aliphatic carbocycles. The summed E-state index contributed by atoms with van der Waals surface area (Å²) in [5.74, 6) is -0.149. The average molecular weight is 450 g/mol. The lowest BCUT2D eigenvalue weighted by molar-refractivity contribution is 0.0360. The van der Waals surface area contributed by atoms with Crippen LogP contribution in [0, 0.1) is 18.3 Å². The lowest BCUT2D eigenvalue weighted by Crippen LogP contribution is -2.39. The molecule has 1 N–H and O–H groups in total. The number of hydrogen-bond donors (Lipinski definition) is 1. The van der Waals surface area contributed by atoms with Crippen molar-refractivity contribution in [3.63, 3.8) is 0 Å². The van der Waals surface area contributed by atoms with Crippen molar-refractivity contribution in [1.82, 2.24) is 9.47 Å². The van der Waals surface area contributed by atoms with Crippen LogP contribution in [0.25, 0.3) is 0 Å². The molecule has 2 aliphatic rings. The molecule has 4 rings (SSSR count). The molecule has 3 heterocycles. The molecule has 0 saturated carbocycles. The third-order valence-electron chi connectivity index (χ3n) is 6.50. The van der Waals surface area contributed by atoms with Gasteiger partial charge in [-0.25, -0.2) is 0 Å².